The maximum Gasteiger partial charge on any atom is 0.335 e. The van der Waals surface area contributed by atoms with Crippen molar-refractivity contribution < 1.29 is 23.9 Å². The molecule has 0 radical (unpaired) electrons. The van der Waals surface area contributed by atoms with Crippen molar-refractivity contribution in [3.05, 3.63) is 89.5 Å². The Balaban J connectivity index is 1.72. The Morgan fingerprint density at radius 2 is 1.77 bits per heavy atom. The summed E-state index contributed by atoms with van der Waals surface area (Å²) in [5, 5.41) is 11.4. The van der Waals surface area contributed by atoms with Crippen LogP contribution in [0.15, 0.2) is 72.4 Å². The minimum absolute atomic E-state index is 0.136. The number of carbonyl (C=O) groups is 3. The van der Waals surface area contributed by atoms with Gasteiger partial charge in [-0.1, -0.05) is 6.07 Å². The fraction of sp³-hybridized carbons (Fsp3) is 0. The standard InChI is InChI=1S/C22H14FN3O4S/c23-14-3-1-4-17(11-14)26-20(28)18(19(27)24-22(26)31)12-16-5-2-10-25(16)15-8-6-13(7-9-15)21(29)30/h1-12H,(H,29,30)(H,24,27,31)/b18-12+. The van der Waals surface area contributed by atoms with Crippen LogP contribution in [0.1, 0.15) is 16.1 Å². The van der Waals surface area contributed by atoms with Crippen molar-refractivity contribution in [1.29, 1.82) is 0 Å². The fourth-order valence-corrected chi connectivity index (χ4v) is 3.45. The minimum atomic E-state index is -1.04. The second-order valence-electron chi connectivity index (χ2n) is 6.59. The summed E-state index contributed by atoms with van der Waals surface area (Å²) in [5.74, 6) is -2.95. The molecule has 4 rings (SSSR count). The van der Waals surface area contributed by atoms with E-state index in [1.165, 1.54) is 36.4 Å². The van der Waals surface area contributed by atoms with Crippen LogP contribution in [0.5, 0.6) is 0 Å². The van der Waals surface area contributed by atoms with Crippen molar-refractivity contribution in [2.75, 3.05) is 4.90 Å². The van der Waals surface area contributed by atoms with Crippen LogP contribution in [0, 0.1) is 5.82 Å². The summed E-state index contributed by atoms with van der Waals surface area (Å²) in [7, 11) is 0. The van der Waals surface area contributed by atoms with Crippen LogP contribution in [-0.2, 0) is 9.59 Å². The molecule has 0 aliphatic carbocycles. The zero-order chi connectivity index (χ0) is 22.1. The van der Waals surface area contributed by atoms with Crippen molar-refractivity contribution in [2.24, 2.45) is 0 Å². The summed E-state index contributed by atoms with van der Waals surface area (Å²) in [6.07, 6.45) is 3.11. The van der Waals surface area contributed by atoms with Crippen LogP contribution < -0.4 is 10.2 Å². The lowest BCUT2D eigenvalue weighted by Crippen LogP contribution is -2.54. The molecule has 2 amide bonds. The van der Waals surface area contributed by atoms with Crippen LogP contribution >= 0.6 is 12.2 Å². The van der Waals surface area contributed by atoms with Crippen molar-refractivity contribution in [1.82, 2.24) is 9.88 Å². The summed E-state index contributed by atoms with van der Waals surface area (Å²) in [6, 6.07) is 14.9. The first-order valence-corrected chi connectivity index (χ1v) is 9.44. The van der Waals surface area contributed by atoms with Crippen molar-refractivity contribution in [3.8, 4) is 5.69 Å². The third-order valence-electron chi connectivity index (χ3n) is 4.63. The first-order chi connectivity index (χ1) is 14.8. The normalized spacial score (nSPS) is 15.3. The molecule has 2 N–H and O–H groups in total. The average molecular weight is 435 g/mol. The van der Waals surface area contributed by atoms with Crippen molar-refractivity contribution >= 4 is 46.9 Å². The van der Waals surface area contributed by atoms with E-state index in [1.54, 1.807) is 35.0 Å². The highest BCUT2D eigenvalue weighted by Crippen LogP contribution is 2.24. The van der Waals surface area contributed by atoms with Gasteiger partial charge in [-0.2, -0.15) is 0 Å². The molecule has 0 spiro atoms. The van der Waals surface area contributed by atoms with Gasteiger partial charge in [0.1, 0.15) is 11.4 Å². The third kappa shape index (κ3) is 3.86. The molecule has 0 unspecified atom stereocenters. The van der Waals surface area contributed by atoms with E-state index >= 15 is 0 Å². The summed E-state index contributed by atoms with van der Waals surface area (Å²) in [6.45, 7) is 0. The summed E-state index contributed by atoms with van der Waals surface area (Å²) in [5.41, 5.74) is 1.30. The van der Waals surface area contributed by atoms with E-state index in [0.29, 0.717) is 11.4 Å². The first-order valence-electron chi connectivity index (χ1n) is 9.03. The van der Waals surface area contributed by atoms with Gasteiger partial charge in [-0.25, -0.2) is 9.18 Å². The molecule has 31 heavy (non-hydrogen) atoms. The number of hydrogen-bond donors (Lipinski definition) is 2. The zero-order valence-corrected chi connectivity index (χ0v) is 16.6. The number of carbonyl (C=O) groups excluding carboxylic acids is 2. The number of carboxylic acids is 1. The van der Waals surface area contributed by atoms with Crippen LogP contribution in [0.25, 0.3) is 11.8 Å². The number of aromatic carboxylic acids is 1. The molecular weight excluding hydrogens is 421 g/mol. The largest absolute Gasteiger partial charge is 0.478 e. The molecule has 0 atom stereocenters. The molecule has 1 aliphatic heterocycles. The van der Waals surface area contributed by atoms with Gasteiger partial charge >= 0.3 is 5.97 Å². The smallest absolute Gasteiger partial charge is 0.335 e. The number of nitrogens with one attached hydrogen (secondary N) is 1. The number of benzene rings is 2. The molecule has 7 nitrogen and oxygen atoms in total. The molecule has 3 aromatic rings. The summed E-state index contributed by atoms with van der Waals surface area (Å²) in [4.78, 5) is 37.7. The van der Waals surface area contributed by atoms with Crippen LogP contribution in [-0.4, -0.2) is 32.6 Å². The molecule has 1 aliphatic rings. The average Bonchev–Trinajstić information content (AvgIpc) is 3.19. The highest BCUT2D eigenvalue weighted by Gasteiger charge is 2.34. The molecule has 9 heteroatoms. The SMILES string of the molecule is O=C1NC(=S)N(c2cccc(F)c2)C(=O)/C1=C/c1cccn1-c1ccc(C(=O)O)cc1. The molecule has 2 aromatic carbocycles. The second kappa shape index (κ2) is 7.96. The Labute approximate surface area is 181 Å². The van der Waals surface area contributed by atoms with E-state index in [9.17, 15) is 18.8 Å². The number of anilines is 1. The van der Waals surface area contributed by atoms with Gasteiger partial charge in [0.25, 0.3) is 11.8 Å². The number of rotatable bonds is 4. The molecule has 1 fully saturated rings. The predicted molar refractivity (Wildman–Crippen MR) is 115 cm³/mol. The van der Waals surface area contributed by atoms with Gasteiger partial charge in [-0.05, 0) is 72.9 Å². The van der Waals surface area contributed by atoms with E-state index < -0.39 is 23.6 Å². The number of nitrogens with zero attached hydrogens (tertiary/aromatic N) is 2. The van der Waals surface area contributed by atoms with Gasteiger partial charge in [0.15, 0.2) is 5.11 Å². The molecule has 0 saturated carbocycles. The quantitative estimate of drug-likeness (QED) is 0.373. The maximum absolute atomic E-state index is 13.7. The topological polar surface area (TPSA) is 91.6 Å². The Hall–Kier alpha value is -4.11. The Kier molecular flexibility index (Phi) is 5.18. The van der Waals surface area contributed by atoms with Crippen LogP contribution in [0.2, 0.25) is 0 Å². The predicted octanol–water partition coefficient (Wildman–Crippen LogP) is 3.15. The lowest BCUT2D eigenvalue weighted by Gasteiger charge is -2.29. The van der Waals surface area contributed by atoms with Gasteiger partial charge in [0.05, 0.1) is 11.3 Å². The minimum Gasteiger partial charge on any atom is -0.478 e. The number of hydrogen-bond acceptors (Lipinski definition) is 4. The first kappa shape index (κ1) is 20.2. The fourth-order valence-electron chi connectivity index (χ4n) is 3.17. The van der Waals surface area contributed by atoms with E-state index in [0.717, 1.165) is 11.0 Å². The van der Waals surface area contributed by atoms with E-state index in [4.69, 9.17) is 17.3 Å². The number of halogens is 1. The highest BCUT2D eigenvalue weighted by atomic mass is 32.1. The number of aromatic nitrogens is 1. The van der Waals surface area contributed by atoms with Crippen LogP contribution in [0.4, 0.5) is 10.1 Å². The van der Waals surface area contributed by atoms with E-state index in [2.05, 4.69) is 5.32 Å². The highest BCUT2D eigenvalue weighted by molar-refractivity contribution is 7.80. The van der Waals surface area contributed by atoms with E-state index in [1.807, 2.05) is 0 Å². The Bertz CT molecular complexity index is 1260. The molecule has 2 heterocycles. The van der Waals surface area contributed by atoms with Gasteiger partial charge in [-0.15, -0.1) is 0 Å². The number of amides is 2. The molecule has 0 bridgehead atoms. The maximum atomic E-state index is 13.7. The summed E-state index contributed by atoms with van der Waals surface area (Å²) < 4.78 is 15.3. The van der Waals surface area contributed by atoms with Gasteiger partial charge in [0.2, 0.25) is 0 Å². The molecule has 154 valence electrons. The van der Waals surface area contributed by atoms with Crippen LogP contribution in [0.3, 0.4) is 0 Å². The van der Waals surface area contributed by atoms with E-state index in [-0.39, 0.29) is 21.9 Å². The second-order valence-corrected chi connectivity index (χ2v) is 6.98. The third-order valence-corrected chi connectivity index (χ3v) is 4.92. The number of carboxylic acid groups (broad SMARTS) is 1. The Morgan fingerprint density at radius 1 is 1.03 bits per heavy atom. The zero-order valence-electron chi connectivity index (χ0n) is 15.8. The van der Waals surface area contributed by atoms with Gasteiger partial charge in [0, 0.05) is 17.6 Å². The lowest BCUT2D eigenvalue weighted by atomic mass is 10.1. The lowest BCUT2D eigenvalue weighted by molar-refractivity contribution is -0.122. The molecule has 1 aromatic heterocycles. The monoisotopic (exact) mass is 435 g/mol. The van der Waals surface area contributed by atoms with Crippen molar-refractivity contribution in [2.45, 2.75) is 0 Å². The number of thiocarbonyl (C=S) groups is 1. The van der Waals surface area contributed by atoms with Gasteiger partial charge < -0.3 is 9.67 Å². The van der Waals surface area contributed by atoms with Gasteiger partial charge in [-0.3, -0.25) is 19.8 Å². The molecule has 1 saturated heterocycles. The summed E-state index contributed by atoms with van der Waals surface area (Å²) >= 11 is 5.11. The van der Waals surface area contributed by atoms with Crippen molar-refractivity contribution in [3.63, 3.8) is 0 Å². The molecular formula is C22H14FN3O4S. The Morgan fingerprint density at radius 3 is 2.45 bits per heavy atom.